The van der Waals surface area contributed by atoms with Crippen LogP contribution in [0.15, 0.2) is 0 Å². The van der Waals surface area contributed by atoms with Gasteiger partial charge >= 0.3 is 0 Å². The van der Waals surface area contributed by atoms with Crippen molar-refractivity contribution in [3.63, 3.8) is 0 Å². The molecule has 0 spiro atoms. The lowest BCUT2D eigenvalue weighted by Crippen LogP contribution is -2.48. The Labute approximate surface area is 88.4 Å². The number of hydrogen-bond donors (Lipinski definition) is 1. The summed E-state index contributed by atoms with van der Waals surface area (Å²) in [5, 5.41) is 3.68. The minimum atomic E-state index is 0.283. The van der Waals surface area contributed by atoms with Gasteiger partial charge in [-0.25, -0.2) is 0 Å². The van der Waals surface area contributed by atoms with E-state index in [0.717, 1.165) is 19.6 Å². The zero-order chi connectivity index (χ0) is 10.3. The molecule has 1 fully saturated rings. The summed E-state index contributed by atoms with van der Waals surface area (Å²) in [7, 11) is 0. The number of rotatable bonds is 5. The maximum atomic E-state index is 5.71. The Morgan fingerprint density at radius 3 is 2.79 bits per heavy atom. The highest BCUT2D eigenvalue weighted by Gasteiger charge is 2.28. The first-order valence-electron chi connectivity index (χ1n) is 6.16. The van der Waals surface area contributed by atoms with Crippen LogP contribution < -0.4 is 5.32 Å². The molecule has 1 saturated heterocycles. The molecule has 84 valence electrons. The van der Waals surface area contributed by atoms with Crippen molar-refractivity contribution in [1.82, 2.24) is 5.32 Å². The highest BCUT2D eigenvalue weighted by Crippen LogP contribution is 2.22. The molecule has 0 aromatic carbocycles. The molecule has 2 nitrogen and oxygen atoms in total. The largest absolute Gasteiger partial charge is 0.380 e. The molecule has 1 rings (SSSR count). The van der Waals surface area contributed by atoms with E-state index >= 15 is 0 Å². The monoisotopic (exact) mass is 199 g/mol. The molecule has 0 bridgehead atoms. The van der Waals surface area contributed by atoms with Gasteiger partial charge in [-0.2, -0.15) is 0 Å². The van der Waals surface area contributed by atoms with Crippen LogP contribution in [0.1, 0.15) is 52.4 Å². The van der Waals surface area contributed by atoms with Gasteiger partial charge in [0.2, 0.25) is 0 Å². The molecule has 1 unspecified atom stereocenters. The van der Waals surface area contributed by atoms with Crippen molar-refractivity contribution >= 4 is 0 Å². The quantitative estimate of drug-likeness (QED) is 0.687. The van der Waals surface area contributed by atoms with Crippen molar-refractivity contribution in [3.05, 3.63) is 0 Å². The van der Waals surface area contributed by atoms with Crippen LogP contribution in [-0.2, 0) is 4.74 Å². The third kappa shape index (κ3) is 3.58. The lowest BCUT2D eigenvalue weighted by molar-refractivity contribution is 0.0637. The lowest BCUT2D eigenvalue weighted by atomic mass is 9.91. The van der Waals surface area contributed by atoms with Gasteiger partial charge in [-0.15, -0.1) is 0 Å². The molecular formula is C12H25NO. The van der Waals surface area contributed by atoms with Gasteiger partial charge in [0.05, 0.1) is 6.61 Å². The van der Waals surface area contributed by atoms with Gasteiger partial charge in [-0.3, -0.25) is 0 Å². The zero-order valence-electron chi connectivity index (χ0n) is 9.77. The minimum Gasteiger partial charge on any atom is -0.380 e. The van der Waals surface area contributed by atoms with E-state index in [1.54, 1.807) is 0 Å². The second kappa shape index (κ2) is 6.41. The van der Waals surface area contributed by atoms with Crippen LogP contribution in [0, 0.1) is 0 Å². The van der Waals surface area contributed by atoms with Crippen LogP contribution in [0.25, 0.3) is 0 Å². The molecule has 1 N–H and O–H groups in total. The summed E-state index contributed by atoms with van der Waals surface area (Å²) >= 11 is 0. The lowest BCUT2D eigenvalue weighted by Gasteiger charge is -2.32. The van der Waals surface area contributed by atoms with Gasteiger partial charge in [0.15, 0.2) is 0 Å². The predicted molar refractivity (Wildman–Crippen MR) is 60.6 cm³/mol. The highest BCUT2D eigenvalue weighted by atomic mass is 16.5. The molecule has 0 aliphatic carbocycles. The van der Waals surface area contributed by atoms with E-state index in [9.17, 15) is 0 Å². The molecule has 1 atom stereocenters. The molecular weight excluding hydrogens is 174 g/mol. The zero-order valence-corrected chi connectivity index (χ0v) is 9.77. The van der Waals surface area contributed by atoms with Crippen LogP contribution in [-0.4, -0.2) is 25.3 Å². The van der Waals surface area contributed by atoms with E-state index in [1.807, 2.05) is 0 Å². The SMILES string of the molecule is CCCOCC1(CC)CCCCCN1. The summed E-state index contributed by atoms with van der Waals surface area (Å²) < 4.78 is 5.71. The van der Waals surface area contributed by atoms with Crippen molar-refractivity contribution in [2.24, 2.45) is 0 Å². The first kappa shape index (κ1) is 12.0. The summed E-state index contributed by atoms with van der Waals surface area (Å²) in [6.45, 7) is 7.41. The van der Waals surface area contributed by atoms with Crippen molar-refractivity contribution in [1.29, 1.82) is 0 Å². The smallest absolute Gasteiger partial charge is 0.0648 e. The van der Waals surface area contributed by atoms with E-state index in [1.165, 1.54) is 38.6 Å². The average molecular weight is 199 g/mol. The van der Waals surface area contributed by atoms with Crippen molar-refractivity contribution in [2.45, 2.75) is 57.9 Å². The second-order valence-corrected chi connectivity index (χ2v) is 4.42. The molecule has 0 saturated carbocycles. The number of hydrogen-bond acceptors (Lipinski definition) is 2. The van der Waals surface area contributed by atoms with Gasteiger partial charge in [0.1, 0.15) is 0 Å². The summed E-state index contributed by atoms with van der Waals surface area (Å²) in [4.78, 5) is 0. The van der Waals surface area contributed by atoms with E-state index < -0.39 is 0 Å². The molecule has 0 aromatic heterocycles. The van der Waals surface area contributed by atoms with Crippen molar-refractivity contribution in [3.8, 4) is 0 Å². The fourth-order valence-electron chi connectivity index (χ4n) is 2.15. The van der Waals surface area contributed by atoms with Gasteiger partial charge in [0, 0.05) is 12.1 Å². The van der Waals surface area contributed by atoms with Gasteiger partial charge in [-0.1, -0.05) is 26.7 Å². The maximum absolute atomic E-state index is 5.71. The number of nitrogens with one attached hydrogen (secondary N) is 1. The van der Waals surface area contributed by atoms with Gasteiger partial charge in [-0.05, 0) is 32.2 Å². The second-order valence-electron chi connectivity index (χ2n) is 4.42. The standard InChI is InChI=1S/C12H25NO/c1-3-10-14-11-12(4-2)8-6-5-7-9-13-12/h13H,3-11H2,1-2H3. The molecule has 1 heterocycles. The van der Waals surface area contributed by atoms with E-state index in [4.69, 9.17) is 4.74 Å². The molecule has 1 aliphatic heterocycles. The molecule has 0 amide bonds. The average Bonchev–Trinajstić information content (AvgIpc) is 2.45. The van der Waals surface area contributed by atoms with Crippen molar-refractivity contribution in [2.75, 3.05) is 19.8 Å². The van der Waals surface area contributed by atoms with E-state index in [2.05, 4.69) is 19.2 Å². The topological polar surface area (TPSA) is 21.3 Å². The first-order chi connectivity index (χ1) is 6.83. The fourth-order valence-corrected chi connectivity index (χ4v) is 2.15. The minimum absolute atomic E-state index is 0.283. The van der Waals surface area contributed by atoms with Gasteiger partial charge < -0.3 is 10.1 Å². The first-order valence-corrected chi connectivity index (χ1v) is 6.16. The summed E-state index contributed by atoms with van der Waals surface area (Å²) in [6, 6.07) is 0. The Balaban J connectivity index is 2.37. The van der Waals surface area contributed by atoms with Crippen LogP contribution in [0.3, 0.4) is 0 Å². The normalized spacial score (nSPS) is 28.7. The third-order valence-corrected chi connectivity index (χ3v) is 3.24. The predicted octanol–water partition coefficient (Wildman–Crippen LogP) is 2.73. The van der Waals surface area contributed by atoms with Crippen LogP contribution in [0.5, 0.6) is 0 Å². The van der Waals surface area contributed by atoms with Crippen LogP contribution >= 0.6 is 0 Å². The Hall–Kier alpha value is -0.0800. The van der Waals surface area contributed by atoms with E-state index in [0.29, 0.717) is 0 Å². The molecule has 14 heavy (non-hydrogen) atoms. The van der Waals surface area contributed by atoms with E-state index in [-0.39, 0.29) is 5.54 Å². The highest BCUT2D eigenvalue weighted by molar-refractivity contribution is 4.88. The Morgan fingerprint density at radius 1 is 1.21 bits per heavy atom. The Morgan fingerprint density at radius 2 is 2.07 bits per heavy atom. The Bertz CT molecular complexity index is 139. The van der Waals surface area contributed by atoms with Gasteiger partial charge in [0.25, 0.3) is 0 Å². The molecule has 0 aromatic rings. The van der Waals surface area contributed by atoms with Crippen LogP contribution in [0.2, 0.25) is 0 Å². The molecule has 1 aliphatic rings. The van der Waals surface area contributed by atoms with Crippen LogP contribution in [0.4, 0.5) is 0 Å². The summed E-state index contributed by atoms with van der Waals surface area (Å²) in [5.74, 6) is 0. The summed E-state index contributed by atoms with van der Waals surface area (Å²) in [6.07, 6.45) is 7.66. The molecule has 0 radical (unpaired) electrons. The number of ether oxygens (including phenoxy) is 1. The Kier molecular flexibility index (Phi) is 5.49. The molecule has 2 heteroatoms. The maximum Gasteiger partial charge on any atom is 0.0648 e. The summed E-state index contributed by atoms with van der Waals surface area (Å²) in [5.41, 5.74) is 0.283. The third-order valence-electron chi connectivity index (χ3n) is 3.24. The fraction of sp³-hybridized carbons (Fsp3) is 1.00. The van der Waals surface area contributed by atoms with Crippen molar-refractivity contribution < 1.29 is 4.74 Å².